The van der Waals surface area contributed by atoms with Gasteiger partial charge in [-0.1, -0.05) is 13.8 Å². The predicted molar refractivity (Wildman–Crippen MR) is 122 cm³/mol. The highest BCUT2D eigenvalue weighted by atomic mass is 32.2. The molecular weight excluding hydrogens is 428 g/mol. The number of carbonyl (C=O) groups excluding carboxylic acids is 3. The third kappa shape index (κ3) is 4.62. The maximum atomic E-state index is 12.8. The second kappa shape index (κ2) is 9.28. The normalized spacial score (nSPS) is 18.5. The van der Waals surface area contributed by atoms with E-state index in [9.17, 15) is 18.6 Å². The van der Waals surface area contributed by atoms with Crippen LogP contribution in [0.2, 0.25) is 0 Å². The molecule has 2 N–H and O–H groups in total. The van der Waals surface area contributed by atoms with Gasteiger partial charge < -0.3 is 15.5 Å². The molecule has 0 aliphatic carbocycles. The van der Waals surface area contributed by atoms with Crippen LogP contribution in [0, 0.1) is 11.8 Å². The highest BCUT2D eigenvalue weighted by molar-refractivity contribution is 7.83. The van der Waals surface area contributed by atoms with Crippen LogP contribution in [0.4, 0.5) is 5.69 Å². The van der Waals surface area contributed by atoms with Gasteiger partial charge in [0.15, 0.2) is 11.0 Å². The van der Waals surface area contributed by atoms with Gasteiger partial charge in [0.05, 0.1) is 10.6 Å². The van der Waals surface area contributed by atoms with E-state index in [0.717, 1.165) is 25.9 Å². The Kier molecular flexibility index (Phi) is 6.45. The summed E-state index contributed by atoms with van der Waals surface area (Å²) in [5, 5.41) is 5.72. The lowest BCUT2D eigenvalue weighted by Gasteiger charge is -2.32. The number of hydrogen-bond acceptors (Lipinski definition) is 4. The maximum absolute atomic E-state index is 12.8. The molecule has 1 unspecified atom stereocenters. The van der Waals surface area contributed by atoms with E-state index in [1.165, 1.54) is 3.97 Å². The van der Waals surface area contributed by atoms with Gasteiger partial charge in [-0.25, -0.2) is 4.21 Å². The number of rotatable bonds is 5. The zero-order valence-electron chi connectivity index (χ0n) is 18.3. The van der Waals surface area contributed by atoms with Crippen molar-refractivity contribution in [2.45, 2.75) is 38.0 Å². The van der Waals surface area contributed by atoms with E-state index in [1.54, 1.807) is 36.5 Å². The molecule has 3 amide bonds. The van der Waals surface area contributed by atoms with Crippen molar-refractivity contribution >= 4 is 34.4 Å². The van der Waals surface area contributed by atoms with Crippen LogP contribution in [0.25, 0.3) is 0 Å². The molecule has 2 aliphatic heterocycles. The summed E-state index contributed by atoms with van der Waals surface area (Å²) in [6.07, 6.45) is 3.90. The fourth-order valence-corrected chi connectivity index (χ4v) is 5.30. The Morgan fingerprint density at radius 2 is 1.97 bits per heavy atom. The van der Waals surface area contributed by atoms with Gasteiger partial charge in [-0.3, -0.25) is 18.4 Å². The molecule has 4 rings (SSSR count). The van der Waals surface area contributed by atoms with Crippen molar-refractivity contribution in [2.24, 2.45) is 11.8 Å². The summed E-state index contributed by atoms with van der Waals surface area (Å²) in [4.78, 5) is 39.7. The van der Waals surface area contributed by atoms with Gasteiger partial charge in [0.25, 0.3) is 11.8 Å². The molecule has 2 aliphatic rings. The van der Waals surface area contributed by atoms with Crippen molar-refractivity contribution < 1.29 is 18.6 Å². The van der Waals surface area contributed by atoms with Crippen molar-refractivity contribution in [3.63, 3.8) is 0 Å². The fourth-order valence-electron chi connectivity index (χ4n) is 4.10. The second-order valence-electron chi connectivity index (χ2n) is 8.77. The average Bonchev–Trinajstić information content (AvgIpc) is 3.24. The molecule has 0 spiro atoms. The van der Waals surface area contributed by atoms with Gasteiger partial charge in [0.2, 0.25) is 5.91 Å². The first-order valence-electron chi connectivity index (χ1n) is 10.9. The van der Waals surface area contributed by atoms with Crippen LogP contribution in [-0.2, 0) is 15.8 Å². The summed E-state index contributed by atoms with van der Waals surface area (Å²) in [5.41, 5.74) is 1.09. The van der Waals surface area contributed by atoms with Crippen molar-refractivity contribution in [3.05, 3.63) is 47.8 Å². The monoisotopic (exact) mass is 456 g/mol. The van der Waals surface area contributed by atoms with Crippen LogP contribution < -0.4 is 10.6 Å². The molecule has 9 heteroatoms. The van der Waals surface area contributed by atoms with E-state index in [4.69, 9.17) is 0 Å². The molecule has 170 valence electrons. The number of fused-ring (bicyclic) bond motifs is 2. The van der Waals surface area contributed by atoms with E-state index in [0.29, 0.717) is 46.6 Å². The van der Waals surface area contributed by atoms with Crippen LogP contribution in [0.15, 0.2) is 41.4 Å². The van der Waals surface area contributed by atoms with Gasteiger partial charge in [-0.15, -0.1) is 0 Å². The number of anilines is 1. The van der Waals surface area contributed by atoms with Crippen molar-refractivity contribution in [3.8, 4) is 0 Å². The molecule has 8 nitrogen and oxygen atoms in total. The SMILES string of the molecule is CC(C)CC(=O)N1CCC(CNC(=O)c2ccc3c(c2)NC(=O)c2cccn2S3=O)CC1. The number of piperidine rings is 1. The van der Waals surface area contributed by atoms with Crippen molar-refractivity contribution in [2.75, 3.05) is 25.0 Å². The molecule has 0 radical (unpaired) electrons. The number of aromatic nitrogens is 1. The zero-order chi connectivity index (χ0) is 22.8. The summed E-state index contributed by atoms with van der Waals surface area (Å²) in [6.45, 7) is 6.08. The number of benzene rings is 1. The zero-order valence-corrected chi connectivity index (χ0v) is 19.1. The first-order chi connectivity index (χ1) is 15.3. The van der Waals surface area contributed by atoms with Crippen molar-refractivity contribution in [1.29, 1.82) is 0 Å². The Morgan fingerprint density at radius 1 is 1.22 bits per heavy atom. The van der Waals surface area contributed by atoms with E-state index < -0.39 is 11.0 Å². The molecule has 32 heavy (non-hydrogen) atoms. The standard InChI is InChI=1S/C23H28N4O4S/c1-15(2)12-21(28)26-10-7-16(8-11-26)14-24-22(29)17-5-6-20-18(13-17)25-23(30)19-4-3-9-27(19)32(20)31/h3-6,9,13,15-16H,7-8,10-12,14H2,1-2H3,(H,24,29)(H,25,30). The lowest BCUT2D eigenvalue weighted by Crippen LogP contribution is -2.41. The quantitative estimate of drug-likeness (QED) is 0.722. The minimum absolute atomic E-state index is 0.207. The molecule has 1 aromatic heterocycles. The van der Waals surface area contributed by atoms with Crippen LogP contribution >= 0.6 is 0 Å². The van der Waals surface area contributed by atoms with E-state index in [-0.39, 0.29) is 17.7 Å². The van der Waals surface area contributed by atoms with Crippen LogP contribution in [-0.4, -0.2) is 50.4 Å². The van der Waals surface area contributed by atoms with Crippen LogP contribution in [0.3, 0.4) is 0 Å². The summed E-state index contributed by atoms with van der Waals surface area (Å²) < 4.78 is 14.3. The molecule has 3 heterocycles. The maximum Gasteiger partial charge on any atom is 0.273 e. The topological polar surface area (TPSA) is 101 Å². The molecule has 2 aromatic rings. The van der Waals surface area contributed by atoms with E-state index >= 15 is 0 Å². The summed E-state index contributed by atoms with van der Waals surface area (Å²) >= 11 is 0. The number of carbonyl (C=O) groups is 3. The molecule has 1 atom stereocenters. The molecule has 1 saturated heterocycles. The number of likely N-dealkylation sites (tertiary alicyclic amines) is 1. The average molecular weight is 457 g/mol. The van der Waals surface area contributed by atoms with Gasteiger partial charge in [-0.05, 0) is 55.0 Å². The van der Waals surface area contributed by atoms with E-state index in [2.05, 4.69) is 10.6 Å². The molecule has 1 aromatic carbocycles. The minimum atomic E-state index is -1.57. The van der Waals surface area contributed by atoms with Gasteiger partial charge in [-0.2, -0.15) is 0 Å². The van der Waals surface area contributed by atoms with Gasteiger partial charge in [0, 0.05) is 37.8 Å². The Balaban J connectivity index is 1.35. The smallest absolute Gasteiger partial charge is 0.273 e. The Bertz CT molecular complexity index is 1070. The lowest BCUT2D eigenvalue weighted by atomic mass is 9.96. The van der Waals surface area contributed by atoms with Gasteiger partial charge in [0.1, 0.15) is 5.69 Å². The predicted octanol–water partition coefficient (Wildman–Crippen LogP) is 2.64. The number of nitrogens with one attached hydrogen (secondary N) is 2. The molecule has 0 bridgehead atoms. The second-order valence-corrected chi connectivity index (χ2v) is 10.1. The minimum Gasteiger partial charge on any atom is -0.352 e. The largest absolute Gasteiger partial charge is 0.352 e. The fraction of sp³-hybridized carbons (Fsp3) is 0.435. The van der Waals surface area contributed by atoms with Crippen LogP contribution in [0.5, 0.6) is 0 Å². The van der Waals surface area contributed by atoms with Crippen molar-refractivity contribution in [1.82, 2.24) is 14.2 Å². The summed E-state index contributed by atoms with van der Waals surface area (Å²) in [7, 11) is -1.57. The number of hydrogen-bond donors (Lipinski definition) is 2. The first kappa shape index (κ1) is 22.3. The summed E-state index contributed by atoms with van der Waals surface area (Å²) in [5.74, 6) is 0.278. The third-order valence-corrected chi connectivity index (χ3v) is 7.31. The Labute approximate surface area is 189 Å². The first-order valence-corrected chi connectivity index (χ1v) is 12.0. The van der Waals surface area contributed by atoms with Crippen LogP contribution in [0.1, 0.15) is 54.0 Å². The highest BCUT2D eigenvalue weighted by Gasteiger charge is 2.26. The van der Waals surface area contributed by atoms with Gasteiger partial charge >= 0.3 is 0 Å². The Morgan fingerprint density at radius 3 is 2.69 bits per heavy atom. The lowest BCUT2D eigenvalue weighted by molar-refractivity contribution is -0.133. The molecule has 0 saturated carbocycles. The molecule has 1 fully saturated rings. The summed E-state index contributed by atoms with van der Waals surface area (Å²) in [6, 6.07) is 8.09. The third-order valence-electron chi connectivity index (χ3n) is 5.90. The highest BCUT2D eigenvalue weighted by Crippen LogP contribution is 2.27. The number of nitrogens with zero attached hydrogens (tertiary/aromatic N) is 2. The number of amides is 3. The molecular formula is C23H28N4O4S. The van der Waals surface area contributed by atoms with E-state index in [1.807, 2.05) is 18.7 Å². The Hall–Kier alpha value is -2.94.